The molecule has 2 fully saturated rings. The van der Waals surface area contributed by atoms with Crippen molar-refractivity contribution in [3.05, 3.63) is 101 Å². The normalized spacial score (nSPS) is 27.6. The molecule has 3 aromatic carbocycles. The molecule has 180 valence electrons. The summed E-state index contributed by atoms with van der Waals surface area (Å²) in [4.78, 5) is 41.6. The average molecular weight is 479 g/mol. The highest BCUT2D eigenvalue weighted by Gasteiger charge is 2.61. The highest BCUT2D eigenvalue weighted by atomic mass is 16.5. The molecule has 3 amide bonds. The van der Waals surface area contributed by atoms with Crippen LogP contribution in [-0.2, 0) is 14.3 Å². The van der Waals surface area contributed by atoms with E-state index >= 15 is 0 Å². The van der Waals surface area contributed by atoms with Crippen LogP contribution < -0.4 is 10.2 Å². The first kappa shape index (κ1) is 21.5. The molecule has 8 rings (SSSR count). The van der Waals surface area contributed by atoms with E-state index in [0.29, 0.717) is 17.8 Å². The van der Waals surface area contributed by atoms with Crippen LogP contribution in [0.2, 0.25) is 0 Å². The summed E-state index contributed by atoms with van der Waals surface area (Å²) in [5, 5.41) is 2.92. The van der Waals surface area contributed by atoms with Crippen molar-refractivity contribution in [3.63, 3.8) is 0 Å². The Labute approximate surface area is 209 Å². The van der Waals surface area contributed by atoms with Crippen molar-refractivity contribution in [2.24, 2.45) is 11.8 Å². The smallest absolute Gasteiger partial charge is 0.251 e. The number of nitrogens with one attached hydrogen (secondary N) is 1. The number of ether oxygens (including phenoxy) is 1. The Morgan fingerprint density at radius 1 is 0.806 bits per heavy atom. The number of anilines is 1. The number of rotatable bonds is 4. The standard InChI is InChI=1S/C30H26N2O4/c33-28(31-16-19-6-5-15-36-19)17-11-13-18(14-12-17)32-29(34)26-24-20-7-1-2-8-21(20)25(27(26)30(32)35)23-10-4-3-9-22(23)24/h1-4,7-14,19,24-27H,5-6,15-16H2,(H,31,33)/t19-,24?,25?,26+,27+/m0/s1. The van der Waals surface area contributed by atoms with E-state index in [1.165, 1.54) is 4.90 Å². The van der Waals surface area contributed by atoms with Gasteiger partial charge in [-0.2, -0.15) is 0 Å². The van der Waals surface area contributed by atoms with Crippen LogP contribution in [0, 0.1) is 11.8 Å². The summed E-state index contributed by atoms with van der Waals surface area (Å²) in [6.07, 6.45) is 2.05. The van der Waals surface area contributed by atoms with E-state index < -0.39 is 11.8 Å². The van der Waals surface area contributed by atoms with Gasteiger partial charge in [-0.1, -0.05) is 48.5 Å². The molecule has 2 bridgehead atoms. The largest absolute Gasteiger partial charge is 0.376 e. The van der Waals surface area contributed by atoms with Crippen LogP contribution in [0.5, 0.6) is 0 Å². The van der Waals surface area contributed by atoms with Gasteiger partial charge in [0.2, 0.25) is 11.8 Å². The van der Waals surface area contributed by atoms with E-state index in [9.17, 15) is 14.4 Å². The predicted octanol–water partition coefficient (Wildman–Crippen LogP) is 3.99. The predicted molar refractivity (Wildman–Crippen MR) is 134 cm³/mol. The molecule has 0 radical (unpaired) electrons. The number of hydrogen-bond acceptors (Lipinski definition) is 4. The second-order valence-electron chi connectivity index (χ2n) is 10.2. The quantitative estimate of drug-likeness (QED) is 0.576. The number of imide groups is 1. The average Bonchev–Trinajstić information content (AvgIpc) is 3.54. The molecule has 2 heterocycles. The van der Waals surface area contributed by atoms with Crippen molar-refractivity contribution >= 4 is 23.4 Å². The Hall–Kier alpha value is -3.77. The summed E-state index contributed by atoms with van der Waals surface area (Å²) in [6, 6.07) is 23.2. The van der Waals surface area contributed by atoms with E-state index in [-0.39, 0.29) is 35.7 Å². The van der Waals surface area contributed by atoms with Gasteiger partial charge >= 0.3 is 0 Å². The summed E-state index contributed by atoms with van der Waals surface area (Å²) < 4.78 is 5.57. The topological polar surface area (TPSA) is 75.7 Å². The molecule has 0 aromatic heterocycles. The van der Waals surface area contributed by atoms with E-state index in [2.05, 4.69) is 29.6 Å². The highest BCUT2D eigenvalue weighted by molar-refractivity contribution is 6.23. The molecule has 6 heteroatoms. The molecule has 2 saturated heterocycles. The van der Waals surface area contributed by atoms with Gasteiger partial charge in [0.05, 0.1) is 23.6 Å². The summed E-state index contributed by atoms with van der Waals surface area (Å²) in [7, 11) is 0. The Morgan fingerprint density at radius 3 is 1.81 bits per heavy atom. The van der Waals surface area contributed by atoms with Crippen molar-refractivity contribution in [2.45, 2.75) is 30.8 Å². The fourth-order valence-corrected chi connectivity index (χ4v) is 6.81. The van der Waals surface area contributed by atoms with Gasteiger partial charge in [-0.05, 0) is 59.4 Å². The second kappa shape index (κ2) is 8.14. The minimum atomic E-state index is -0.415. The first-order valence-electron chi connectivity index (χ1n) is 12.7. The van der Waals surface area contributed by atoms with Gasteiger partial charge in [-0.25, -0.2) is 4.90 Å². The van der Waals surface area contributed by atoms with Crippen molar-refractivity contribution < 1.29 is 19.1 Å². The zero-order chi connectivity index (χ0) is 24.4. The molecule has 36 heavy (non-hydrogen) atoms. The molecule has 2 aliphatic heterocycles. The summed E-state index contributed by atoms with van der Waals surface area (Å²) in [5.41, 5.74) is 5.63. The number of benzene rings is 3. The molecule has 3 aliphatic carbocycles. The Bertz CT molecular complexity index is 1280. The third-order valence-electron chi connectivity index (χ3n) is 8.35. The zero-order valence-electron chi connectivity index (χ0n) is 19.7. The second-order valence-corrected chi connectivity index (χ2v) is 10.2. The lowest BCUT2D eigenvalue weighted by atomic mass is 9.55. The first-order valence-corrected chi connectivity index (χ1v) is 12.7. The number of amides is 3. The molecule has 3 aromatic rings. The molecule has 0 unspecified atom stereocenters. The third kappa shape index (κ3) is 3.04. The minimum Gasteiger partial charge on any atom is -0.376 e. The fraction of sp³-hybridized carbons (Fsp3) is 0.300. The Balaban J connectivity index is 1.19. The number of hydrogen-bond donors (Lipinski definition) is 1. The Morgan fingerprint density at radius 2 is 1.33 bits per heavy atom. The molecule has 0 spiro atoms. The SMILES string of the molecule is O=C(NC[C@@H]1CCCO1)c1ccc(N2C(=O)[C@@H]3C4c5ccccc5C(c5ccccc54)[C@H]3C2=O)cc1. The van der Waals surface area contributed by atoms with Crippen LogP contribution in [0.4, 0.5) is 5.69 Å². The maximum absolute atomic E-state index is 13.8. The molecule has 1 N–H and O–H groups in total. The monoisotopic (exact) mass is 478 g/mol. The van der Waals surface area contributed by atoms with Gasteiger partial charge < -0.3 is 10.1 Å². The number of nitrogens with zero attached hydrogens (tertiary/aromatic N) is 1. The van der Waals surface area contributed by atoms with Gasteiger partial charge in [-0.15, -0.1) is 0 Å². The maximum Gasteiger partial charge on any atom is 0.251 e. The van der Waals surface area contributed by atoms with Crippen LogP contribution in [0.1, 0.15) is 57.3 Å². The molecular formula is C30H26N2O4. The fourth-order valence-electron chi connectivity index (χ4n) is 6.81. The van der Waals surface area contributed by atoms with Gasteiger partial charge in [0.25, 0.3) is 5.91 Å². The minimum absolute atomic E-state index is 0.0695. The van der Waals surface area contributed by atoms with E-state index in [4.69, 9.17) is 4.74 Å². The first-order chi connectivity index (χ1) is 17.6. The van der Waals surface area contributed by atoms with E-state index in [1.54, 1.807) is 24.3 Å². The summed E-state index contributed by atoms with van der Waals surface area (Å²) in [6.45, 7) is 1.23. The van der Waals surface area contributed by atoms with Crippen LogP contribution in [0.25, 0.3) is 0 Å². The Kier molecular flexibility index (Phi) is 4.86. The van der Waals surface area contributed by atoms with E-state index in [1.807, 2.05) is 24.3 Å². The third-order valence-corrected chi connectivity index (χ3v) is 8.35. The zero-order valence-corrected chi connectivity index (χ0v) is 19.7. The molecule has 3 atom stereocenters. The van der Waals surface area contributed by atoms with Crippen molar-refractivity contribution in [3.8, 4) is 0 Å². The van der Waals surface area contributed by atoms with Gasteiger partial charge in [0, 0.05) is 30.6 Å². The number of carbonyl (C=O) groups is 3. The van der Waals surface area contributed by atoms with Gasteiger partial charge in [0.15, 0.2) is 0 Å². The summed E-state index contributed by atoms with van der Waals surface area (Å²) in [5.74, 6) is -1.58. The highest BCUT2D eigenvalue weighted by Crippen LogP contribution is 2.61. The van der Waals surface area contributed by atoms with Crippen LogP contribution in [0.15, 0.2) is 72.8 Å². The maximum atomic E-state index is 13.8. The molecular weight excluding hydrogens is 452 g/mol. The van der Waals surface area contributed by atoms with Crippen molar-refractivity contribution in [1.29, 1.82) is 0 Å². The molecule has 0 saturated carbocycles. The van der Waals surface area contributed by atoms with Crippen LogP contribution in [-0.4, -0.2) is 37.0 Å². The van der Waals surface area contributed by atoms with Crippen molar-refractivity contribution in [1.82, 2.24) is 5.32 Å². The lowest BCUT2D eigenvalue weighted by Gasteiger charge is -2.45. The molecule has 5 aliphatic rings. The molecule has 6 nitrogen and oxygen atoms in total. The van der Waals surface area contributed by atoms with Gasteiger partial charge in [-0.3, -0.25) is 14.4 Å². The van der Waals surface area contributed by atoms with Gasteiger partial charge in [0.1, 0.15) is 0 Å². The van der Waals surface area contributed by atoms with Crippen LogP contribution >= 0.6 is 0 Å². The lowest BCUT2D eigenvalue weighted by molar-refractivity contribution is -0.122. The van der Waals surface area contributed by atoms with E-state index in [0.717, 1.165) is 41.7 Å². The van der Waals surface area contributed by atoms with Crippen LogP contribution in [0.3, 0.4) is 0 Å². The number of carbonyl (C=O) groups excluding carboxylic acids is 3. The lowest BCUT2D eigenvalue weighted by Crippen LogP contribution is -2.41. The summed E-state index contributed by atoms with van der Waals surface area (Å²) >= 11 is 0. The van der Waals surface area contributed by atoms with Crippen molar-refractivity contribution in [2.75, 3.05) is 18.1 Å².